The number of rotatable bonds is 5. The van der Waals surface area contributed by atoms with Crippen LogP contribution in [-0.4, -0.2) is 40.2 Å². The van der Waals surface area contributed by atoms with Gasteiger partial charge in [-0.25, -0.2) is 4.99 Å². The maximum atomic E-state index is 9.55. The van der Waals surface area contributed by atoms with Gasteiger partial charge >= 0.3 is 0 Å². The fourth-order valence-corrected chi connectivity index (χ4v) is 4.31. The second kappa shape index (κ2) is 8.73. The largest absolute Gasteiger partial charge is 0.369 e. The van der Waals surface area contributed by atoms with Crippen molar-refractivity contribution in [3.05, 3.63) is 82.7 Å². The molecule has 160 valence electrons. The average molecular weight is 445 g/mol. The van der Waals surface area contributed by atoms with Crippen LogP contribution in [0, 0.1) is 11.3 Å². The molecule has 1 fully saturated rings. The smallest absolute Gasteiger partial charge is 0.130 e. The Hall–Kier alpha value is -3.83. The first-order chi connectivity index (χ1) is 15.7. The van der Waals surface area contributed by atoms with Crippen LogP contribution in [0.4, 0.5) is 5.69 Å². The van der Waals surface area contributed by atoms with E-state index in [1.807, 2.05) is 28.8 Å². The first-order valence-electron chi connectivity index (χ1n) is 10.4. The summed E-state index contributed by atoms with van der Waals surface area (Å²) in [7, 11) is 0. The van der Waals surface area contributed by atoms with Crippen LogP contribution < -0.4 is 15.5 Å². The number of fused-ring (bicyclic) bond motifs is 1. The molecule has 2 aliphatic heterocycles. The van der Waals surface area contributed by atoms with Crippen molar-refractivity contribution in [2.75, 3.05) is 18.0 Å². The SMILES string of the molecule is N#Cc1cc(Cl)ccc1N1CCC2NC=NC(NCc3cccc(-n4cnnc4)c3)=C2C1. The zero-order chi connectivity index (χ0) is 21.9. The van der Waals surface area contributed by atoms with Crippen LogP contribution in [0.1, 0.15) is 17.5 Å². The molecule has 1 unspecified atom stereocenters. The summed E-state index contributed by atoms with van der Waals surface area (Å²) in [6, 6.07) is 16.2. The third kappa shape index (κ3) is 4.03. The normalized spacial score (nSPS) is 17.5. The summed E-state index contributed by atoms with van der Waals surface area (Å²) in [5, 5.41) is 24.7. The van der Waals surface area contributed by atoms with E-state index in [4.69, 9.17) is 11.6 Å². The fraction of sp³-hybridized carbons (Fsp3) is 0.217. The molecule has 9 heteroatoms. The molecular weight excluding hydrogens is 424 g/mol. The minimum Gasteiger partial charge on any atom is -0.369 e. The zero-order valence-electron chi connectivity index (χ0n) is 17.2. The molecule has 0 amide bonds. The number of aliphatic imine (C=N–C) groups is 1. The summed E-state index contributed by atoms with van der Waals surface area (Å²) in [5.74, 6) is 0.876. The van der Waals surface area contributed by atoms with Gasteiger partial charge in [0.2, 0.25) is 0 Å². The summed E-state index contributed by atoms with van der Waals surface area (Å²) in [5.41, 5.74) is 4.82. The van der Waals surface area contributed by atoms with E-state index in [-0.39, 0.29) is 6.04 Å². The van der Waals surface area contributed by atoms with E-state index >= 15 is 0 Å². The van der Waals surface area contributed by atoms with Gasteiger partial charge in [-0.2, -0.15) is 5.26 Å². The van der Waals surface area contributed by atoms with E-state index in [1.165, 1.54) is 5.57 Å². The molecule has 0 radical (unpaired) electrons. The molecule has 0 spiro atoms. The van der Waals surface area contributed by atoms with Gasteiger partial charge in [0.25, 0.3) is 0 Å². The van der Waals surface area contributed by atoms with Gasteiger partial charge in [0.05, 0.1) is 23.6 Å². The predicted molar refractivity (Wildman–Crippen MR) is 124 cm³/mol. The lowest BCUT2D eigenvalue weighted by Crippen LogP contribution is -2.47. The number of benzene rings is 2. The molecule has 0 bridgehead atoms. The van der Waals surface area contributed by atoms with Crippen molar-refractivity contribution in [1.29, 1.82) is 5.26 Å². The minimum absolute atomic E-state index is 0.229. The minimum atomic E-state index is 0.229. The van der Waals surface area contributed by atoms with Crippen LogP contribution in [0.5, 0.6) is 0 Å². The Bertz CT molecular complexity index is 1230. The van der Waals surface area contributed by atoms with E-state index in [0.717, 1.165) is 35.7 Å². The molecule has 3 aromatic rings. The highest BCUT2D eigenvalue weighted by Gasteiger charge is 2.29. The Labute approximate surface area is 190 Å². The molecule has 8 nitrogen and oxygen atoms in total. The molecule has 1 atom stereocenters. The number of nitrogens with zero attached hydrogens (tertiary/aromatic N) is 6. The number of nitriles is 1. The zero-order valence-corrected chi connectivity index (χ0v) is 18.0. The number of piperidine rings is 1. The highest BCUT2D eigenvalue weighted by Crippen LogP contribution is 2.30. The molecule has 1 aromatic heterocycles. The molecule has 32 heavy (non-hydrogen) atoms. The second-order valence-electron chi connectivity index (χ2n) is 7.73. The van der Waals surface area contributed by atoms with Crippen LogP contribution in [0.15, 0.2) is 71.5 Å². The van der Waals surface area contributed by atoms with Crippen molar-refractivity contribution in [2.24, 2.45) is 4.99 Å². The Balaban J connectivity index is 1.36. The quantitative estimate of drug-likeness (QED) is 0.628. The number of nitrogens with one attached hydrogen (secondary N) is 2. The van der Waals surface area contributed by atoms with Crippen molar-refractivity contribution < 1.29 is 0 Å². The lowest BCUT2D eigenvalue weighted by Gasteiger charge is -2.38. The van der Waals surface area contributed by atoms with Gasteiger partial charge in [-0.3, -0.25) is 4.57 Å². The first kappa shape index (κ1) is 20.1. The Morgan fingerprint density at radius 3 is 2.91 bits per heavy atom. The number of halogens is 1. The molecule has 3 heterocycles. The van der Waals surface area contributed by atoms with E-state index in [2.05, 4.69) is 48.9 Å². The van der Waals surface area contributed by atoms with Crippen molar-refractivity contribution in [2.45, 2.75) is 19.0 Å². The Kier molecular flexibility index (Phi) is 5.48. The topological polar surface area (TPSA) is 94.2 Å². The van der Waals surface area contributed by atoms with Crippen molar-refractivity contribution in [1.82, 2.24) is 25.4 Å². The molecular formula is C23H21ClN8. The third-order valence-corrected chi connectivity index (χ3v) is 5.99. The van der Waals surface area contributed by atoms with Gasteiger partial charge in [-0.15, -0.1) is 10.2 Å². The second-order valence-corrected chi connectivity index (χ2v) is 8.16. The van der Waals surface area contributed by atoms with Gasteiger partial charge < -0.3 is 15.5 Å². The van der Waals surface area contributed by atoms with Gasteiger partial charge in [0, 0.05) is 35.9 Å². The van der Waals surface area contributed by atoms with E-state index < -0.39 is 0 Å². The number of hydrogen-bond acceptors (Lipinski definition) is 7. The maximum absolute atomic E-state index is 9.55. The Morgan fingerprint density at radius 1 is 1.19 bits per heavy atom. The molecule has 1 saturated heterocycles. The lowest BCUT2D eigenvalue weighted by molar-refractivity contribution is 0.539. The van der Waals surface area contributed by atoms with E-state index in [9.17, 15) is 5.26 Å². The standard InChI is InChI=1S/C23H21ClN8/c24-18-4-5-22(17(9-18)10-25)31-7-6-21-20(12-31)23(28-13-27-21)26-11-16-2-1-3-19(8-16)32-14-29-30-15-32/h1-5,8-9,13-15,21,26H,6-7,11-12H2,(H,27,28). The Morgan fingerprint density at radius 2 is 2.06 bits per heavy atom. The molecule has 2 N–H and O–H groups in total. The monoisotopic (exact) mass is 444 g/mol. The molecule has 5 rings (SSSR count). The molecule has 0 aliphatic carbocycles. The van der Waals surface area contributed by atoms with Crippen LogP contribution in [-0.2, 0) is 6.54 Å². The van der Waals surface area contributed by atoms with E-state index in [0.29, 0.717) is 23.7 Å². The van der Waals surface area contributed by atoms with Crippen LogP contribution in [0.2, 0.25) is 5.02 Å². The van der Waals surface area contributed by atoms with Crippen LogP contribution in [0.3, 0.4) is 0 Å². The summed E-state index contributed by atoms with van der Waals surface area (Å²) < 4.78 is 1.88. The van der Waals surface area contributed by atoms with Gasteiger partial charge in [0.1, 0.15) is 24.5 Å². The number of hydrogen-bond donors (Lipinski definition) is 2. The molecule has 0 saturated carbocycles. The van der Waals surface area contributed by atoms with Gasteiger partial charge in [0.15, 0.2) is 0 Å². The van der Waals surface area contributed by atoms with Crippen molar-refractivity contribution in [3.8, 4) is 11.8 Å². The van der Waals surface area contributed by atoms with E-state index in [1.54, 1.807) is 25.1 Å². The summed E-state index contributed by atoms with van der Waals surface area (Å²) in [6.45, 7) is 2.18. The highest BCUT2D eigenvalue weighted by molar-refractivity contribution is 6.30. The summed E-state index contributed by atoms with van der Waals surface area (Å²) >= 11 is 6.09. The van der Waals surface area contributed by atoms with Crippen molar-refractivity contribution in [3.63, 3.8) is 0 Å². The predicted octanol–water partition coefficient (Wildman–Crippen LogP) is 3.00. The lowest BCUT2D eigenvalue weighted by atomic mass is 9.96. The van der Waals surface area contributed by atoms with Crippen molar-refractivity contribution >= 4 is 23.6 Å². The highest BCUT2D eigenvalue weighted by atomic mass is 35.5. The maximum Gasteiger partial charge on any atom is 0.130 e. The first-order valence-corrected chi connectivity index (χ1v) is 10.7. The number of anilines is 1. The van der Waals surface area contributed by atoms with Crippen LogP contribution in [0.25, 0.3) is 5.69 Å². The molecule has 2 aliphatic rings. The summed E-state index contributed by atoms with van der Waals surface area (Å²) in [6.07, 6.45) is 6.05. The third-order valence-electron chi connectivity index (χ3n) is 5.75. The number of aromatic nitrogens is 3. The van der Waals surface area contributed by atoms with Gasteiger partial charge in [-0.05, 0) is 42.3 Å². The average Bonchev–Trinajstić information content (AvgIpc) is 3.38. The van der Waals surface area contributed by atoms with Gasteiger partial charge in [-0.1, -0.05) is 23.7 Å². The summed E-state index contributed by atoms with van der Waals surface area (Å²) in [4.78, 5) is 6.80. The molecule has 2 aromatic carbocycles. The fourth-order valence-electron chi connectivity index (χ4n) is 4.14. The van der Waals surface area contributed by atoms with Crippen LogP contribution >= 0.6 is 11.6 Å².